The number of nitro benzene ring substituents is 1. The number of anilines is 1. The summed E-state index contributed by atoms with van der Waals surface area (Å²) in [7, 11) is 0. The van der Waals surface area contributed by atoms with E-state index in [-0.39, 0.29) is 40.7 Å². The number of piperidine rings is 1. The summed E-state index contributed by atoms with van der Waals surface area (Å²) in [5, 5.41) is 17.1. The van der Waals surface area contributed by atoms with Crippen LogP contribution in [0.3, 0.4) is 0 Å². The Hall–Kier alpha value is -2.68. The molecule has 9 nitrogen and oxygen atoms in total. The van der Waals surface area contributed by atoms with Crippen LogP contribution in [0.1, 0.15) is 36.0 Å². The Balaban J connectivity index is 1.60. The third-order valence-corrected chi connectivity index (χ3v) is 5.23. The van der Waals surface area contributed by atoms with E-state index >= 15 is 0 Å². The van der Waals surface area contributed by atoms with Gasteiger partial charge in [0.1, 0.15) is 0 Å². The van der Waals surface area contributed by atoms with Crippen LogP contribution in [0, 0.1) is 16.0 Å². The number of non-ortho nitro benzene ring substituents is 1. The summed E-state index contributed by atoms with van der Waals surface area (Å²) in [5.74, 6) is -0.128. The Kier molecular flexibility index (Phi) is 5.90. The van der Waals surface area contributed by atoms with E-state index in [0.29, 0.717) is 19.6 Å². The van der Waals surface area contributed by atoms with E-state index in [9.17, 15) is 19.7 Å². The first-order chi connectivity index (χ1) is 13.0. The highest BCUT2D eigenvalue weighted by Gasteiger charge is 2.28. The van der Waals surface area contributed by atoms with Gasteiger partial charge < -0.3 is 21.3 Å². The van der Waals surface area contributed by atoms with Crippen LogP contribution in [0.5, 0.6) is 0 Å². The summed E-state index contributed by atoms with van der Waals surface area (Å²) in [6.07, 6.45) is 3.61. The molecule has 27 heavy (non-hydrogen) atoms. The lowest BCUT2D eigenvalue weighted by molar-refractivity contribution is -0.384. The van der Waals surface area contributed by atoms with E-state index in [1.54, 1.807) is 4.90 Å². The van der Waals surface area contributed by atoms with E-state index in [1.807, 2.05) is 0 Å². The maximum absolute atomic E-state index is 12.8. The van der Waals surface area contributed by atoms with Gasteiger partial charge in [-0.15, -0.1) is 0 Å². The highest BCUT2D eigenvalue weighted by molar-refractivity contribution is 5.99. The fourth-order valence-corrected chi connectivity index (χ4v) is 3.71. The van der Waals surface area contributed by atoms with Crippen LogP contribution in [0.4, 0.5) is 11.4 Å². The molecule has 0 bridgehead atoms. The zero-order valence-electron chi connectivity index (χ0n) is 15.1. The van der Waals surface area contributed by atoms with Gasteiger partial charge in [0.05, 0.1) is 16.5 Å². The van der Waals surface area contributed by atoms with Crippen LogP contribution >= 0.6 is 0 Å². The lowest BCUT2D eigenvalue weighted by atomic mass is 9.97. The molecule has 2 atom stereocenters. The molecule has 9 heteroatoms. The minimum atomic E-state index is -0.540. The quantitative estimate of drug-likeness (QED) is 0.398. The number of hydrogen-bond acceptors (Lipinski definition) is 6. The van der Waals surface area contributed by atoms with Gasteiger partial charge in [0.2, 0.25) is 5.91 Å². The lowest BCUT2D eigenvalue weighted by Gasteiger charge is -2.33. The number of nitrogen functional groups attached to an aromatic ring is 1. The molecule has 2 saturated heterocycles. The average Bonchev–Trinajstić information content (AvgIpc) is 3.21. The van der Waals surface area contributed by atoms with Crippen LogP contribution in [0.2, 0.25) is 0 Å². The molecule has 3 rings (SSSR count). The summed E-state index contributed by atoms with van der Waals surface area (Å²) in [6, 6.07) is 3.80. The Morgan fingerprint density at radius 2 is 2.15 bits per heavy atom. The molecular formula is C18H25N5O4. The number of amides is 2. The molecule has 0 aromatic heterocycles. The highest BCUT2D eigenvalue weighted by atomic mass is 16.6. The number of carbonyl (C=O) groups excluding carboxylic acids is 2. The SMILES string of the molecule is Nc1ccc([N+](=O)[O-])cc1C(=O)N1CCCC(CNC(=O)C2CCCN2)C1. The molecule has 2 fully saturated rings. The van der Waals surface area contributed by atoms with Crippen LogP contribution in [0.15, 0.2) is 18.2 Å². The number of nitrogens with one attached hydrogen (secondary N) is 2. The van der Waals surface area contributed by atoms with Crippen molar-refractivity contribution < 1.29 is 14.5 Å². The van der Waals surface area contributed by atoms with Crippen molar-refractivity contribution in [1.82, 2.24) is 15.5 Å². The summed E-state index contributed by atoms with van der Waals surface area (Å²) in [5.41, 5.74) is 6.10. The molecule has 0 saturated carbocycles. The van der Waals surface area contributed by atoms with Crippen molar-refractivity contribution in [2.75, 3.05) is 31.9 Å². The first-order valence-electron chi connectivity index (χ1n) is 9.30. The molecule has 2 aliphatic rings. The van der Waals surface area contributed by atoms with Crippen molar-refractivity contribution in [2.45, 2.75) is 31.7 Å². The molecule has 4 N–H and O–H groups in total. The summed E-state index contributed by atoms with van der Waals surface area (Å²) >= 11 is 0. The Morgan fingerprint density at radius 3 is 2.85 bits per heavy atom. The van der Waals surface area contributed by atoms with E-state index in [4.69, 9.17) is 5.73 Å². The predicted octanol–water partition coefficient (Wildman–Crippen LogP) is 0.897. The van der Waals surface area contributed by atoms with Gasteiger partial charge in [-0.25, -0.2) is 0 Å². The normalized spacial score (nSPS) is 22.4. The van der Waals surface area contributed by atoms with Gasteiger partial charge in [0.15, 0.2) is 0 Å². The fraction of sp³-hybridized carbons (Fsp3) is 0.556. The van der Waals surface area contributed by atoms with Gasteiger partial charge in [-0.3, -0.25) is 19.7 Å². The third-order valence-electron chi connectivity index (χ3n) is 5.23. The lowest BCUT2D eigenvalue weighted by Crippen LogP contribution is -2.46. The molecule has 1 aromatic carbocycles. The Morgan fingerprint density at radius 1 is 1.33 bits per heavy atom. The van der Waals surface area contributed by atoms with Crippen LogP contribution in [-0.4, -0.2) is 53.9 Å². The number of hydrogen-bond donors (Lipinski definition) is 3. The smallest absolute Gasteiger partial charge is 0.270 e. The first-order valence-corrected chi connectivity index (χ1v) is 9.30. The number of nitro groups is 1. The topological polar surface area (TPSA) is 131 Å². The molecule has 0 radical (unpaired) electrons. The van der Waals surface area contributed by atoms with Crippen molar-refractivity contribution in [1.29, 1.82) is 0 Å². The van der Waals surface area contributed by atoms with Gasteiger partial charge >= 0.3 is 0 Å². The van der Waals surface area contributed by atoms with Crippen LogP contribution < -0.4 is 16.4 Å². The van der Waals surface area contributed by atoms with Crippen molar-refractivity contribution in [3.8, 4) is 0 Å². The molecule has 2 unspecified atom stereocenters. The van der Waals surface area contributed by atoms with Crippen LogP contribution in [-0.2, 0) is 4.79 Å². The van der Waals surface area contributed by atoms with E-state index < -0.39 is 4.92 Å². The molecular weight excluding hydrogens is 350 g/mol. The average molecular weight is 375 g/mol. The monoisotopic (exact) mass is 375 g/mol. The first kappa shape index (κ1) is 19.1. The summed E-state index contributed by atoms with van der Waals surface area (Å²) < 4.78 is 0. The van der Waals surface area contributed by atoms with Crippen molar-refractivity contribution >= 4 is 23.2 Å². The van der Waals surface area contributed by atoms with Gasteiger partial charge in [-0.1, -0.05) is 0 Å². The third kappa shape index (κ3) is 4.54. The summed E-state index contributed by atoms with van der Waals surface area (Å²) in [4.78, 5) is 37.0. The molecule has 0 aliphatic carbocycles. The number of rotatable bonds is 5. The van der Waals surface area contributed by atoms with Crippen molar-refractivity contribution in [3.63, 3.8) is 0 Å². The zero-order valence-corrected chi connectivity index (χ0v) is 15.1. The van der Waals surface area contributed by atoms with Gasteiger partial charge in [0, 0.05) is 37.5 Å². The van der Waals surface area contributed by atoms with E-state index in [2.05, 4.69) is 10.6 Å². The molecule has 2 amide bonds. The van der Waals surface area contributed by atoms with Gasteiger partial charge in [0.25, 0.3) is 11.6 Å². The Bertz CT molecular complexity index is 732. The molecule has 0 spiro atoms. The van der Waals surface area contributed by atoms with Gasteiger partial charge in [-0.05, 0) is 44.2 Å². The van der Waals surface area contributed by atoms with Gasteiger partial charge in [-0.2, -0.15) is 0 Å². The van der Waals surface area contributed by atoms with E-state index in [1.165, 1.54) is 18.2 Å². The maximum atomic E-state index is 12.8. The number of nitrogens with zero attached hydrogens (tertiary/aromatic N) is 2. The number of likely N-dealkylation sites (tertiary alicyclic amines) is 1. The second-order valence-corrected chi connectivity index (χ2v) is 7.18. The van der Waals surface area contributed by atoms with Crippen molar-refractivity contribution in [2.24, 2.45) is 5.92 Å². The standard InChI is InChI=1S/C18H25N5O4/c19-15-6-5-13(23(26)27)9-14(15)18(25)22-8-2-3-12(11-22)10-21-17(24)16-4-1-7-20-16/h5-6,9,12,16,20H,1-4,7-8,10-11,19H2,(H,21,24). The number of nitrogens with two attached hydrogens (primary N) is 1. The molecule has 2 heterocycles. The minimum absolute atomic E-state index is 0.0129. The largest absolute Gasteiger partial charge is 0.398 e. The molecule has 1 aromatic rings. The number of carbonyl (C=O) groups is 2. The second kappa shape index (κ2) is 8.34. The fourth-order valence-electron chi connectivity index (χ4n) is 3.71. The van der Waals surface area contributed by atoms with Crippen molar-refractivity contribution in [3.05, 3.63) is 33.9 Å². The highest BCUT2D eigenvalue weighted by Crippen LogP contribution is 2.24. The molecule has 146 valence electrons. The maximum Gasteiger partial charge on any atom is 0.270 e. The second-order valence-electron chi connectivity index (χ2n) is 7.18. The molecule has 2 aliphatic heterocycles. The van der Waals surface area contributed by atoms with Crippen LogP contribution in [0.25, 0.3) is 0 Å². The number of benzene rings is 1. The Labute approximate surface area is 157 Å². The zero-order chi connectivity index (χ0) is 19.4. The minimum Gasteiger partial charge on any atom is -0.398 e. The predicted molar refractivity (Wildman–Crippen MR) is 100 cm³/mol. The summed E-state index contributed by atoms with van der Waals surface area (Å²) in [6.45, 7) is 2.47. The van der Waals surface area contributed by atoms with E-state index in [0.717, 1.165) is 32.2 Å².